The average Bonchev–Trinajstić information content (AvgIpc) is 2.35. The number of nitrogens with two attached hydrogens (primary N) is 1. The highest BCUT2D eigenvalue weighted by atomic mass is 79.9. The highest BCUT2D eigenvalue weighted by molar-refractivity contribution is 9.10. The topological polar surface area (TPSA) is 26.0 Å². The first-order chi connectivity index (χ1) is 8.50. The number of benzene rings is 2. The van der Waals surface area contributed by atoms with Gasteiger partial charge in [-0.1, -0.05) is 35.9 Å². The minimum Gasteiger partial charge on any atom is -0.320 e. The Bertz CT molecular complexity index is 579. The normalized spacial score (nSPS) is 12.5. The van der Waals surface area contributed by atoms with E-state index < -0.39 is 0 Å². The summed E-state index contributed by atoms with van der Waals surface area (Å²) in [6.45, 7) is 4.04. The molecule has 2 N–H and O–H groups in total. The molecule has 0 spiro atoms. The molecule has 0 aliphatic heterocycles. The van der Waals surface area contributed by atoms with Crippen LogP contribution in [0.5, 0.6) is 0 Å². The van der Waals surface area contributed by atoms with Crippen molar-refractivity contribution >= 4 is 15.9 Å². The molecular weight excluding hydrogens is 293 g/mol. The van der Waals surface area contributed by atoms with E-state index in [-0.39, 0.29) is 11.9 Å². The van der Waals surface area contributed by atoms with E-state index in [4.69, 9.17) is 5.73 Å². The summed E-state index contributed by atoms with van der Waals surface area (Å²) in [4.78, 5) is 0. The zero-order valence-corrected chi connectivity index (χ0v) is 12.0. The van der Waals surface area contributed by atoms with Crippen LogP contribution < -0.4 is 5.73 Å². The molecule has 18 heavy (non-hydrogen) atoms. The fraction of sp³-hybridized carbons (Fsp3) is 0.200. The molecule has 0 fully saturated rings. The average molecular weight is 308 g/mol. The standard InChI is InChI=1S/C15H15BrFN/c1-9-6-7-10(2)12(8-9)15(18)11-4-3-5-13(17)14(11)16/h3-8,15H,18H2,1-2H3. The third-order valence-corrected chi connectivity index (χ3v) is 3.92. The van der Waals surface area contributed by atoms with E-state index in [1.54, 1.807) is 6.07 Å². The van der Waals surface area contributed by atoms with E-state index in [1.165, 1.54) is 6.07 Å². The Labute approximate surface area is 115 Å². The Hall–Kier alpha value is -1.19. The van der Waals surface area contributed by atoms with Crippen LogP contribution >= 0.6 is 15.9 Å². The van der Waals surface area contributed by atoms with E-state index in [0.717, 1.165) is 22.3 Å². The monoisotopic (exact) mass is 307 g/mol. The van der Waals surface area contributed by atoms with Crippen LogP contribution in [0, 0.1) is 19.7 Å². The smallest absolute Gasteiger partial charge is 0.137 e. The lowest BCUT2D eigenvalue weighted by Crippen LogP contribution is -2.14. The summed E-state index contributed by atoms with van der Waals surface area (Å²) in [6.07, 6.45) is 0. The van der Waals surface area contributed by atoms with Crippen LogP contribution in [0.3, 0.4) is 0 Å². The van der Waals surface area contributed by atoms with Crippen LogP contribution in [0.25, 0.3) is 0 Å². The van der Waals surface area contributed by atoms with Gasteiger partial charge in [0.05, 0.1) is 10.5 Å². The van der Waals surface area contributed by atoms with Gasteiger partial charge >= 0.3 is 0 Å². The molecule has 0 saturated carbocycles. The van der Waals surface area contributed by atoms with Crippen molar-refractivity contribution in [2.45, 2.75) is 19.9 Å². The highest BCUT2D eigenvalue weighted by Crippen LogP contribution is 2.30. The molecule has 0 aliphatic carbocycles. The molecule has 0 amide bonds. The summed E-state index contributed by atoms with van der Waals surface area (Å²) < 4.78 is 14.0. The van der Waals surface area contributed by atoms with E-state index in [1.807, 2.05) is 32.0 Å². The SMILES string of the molecule is Cc1ccc(C)c(C(N)c2cccc(F)c2Br)c1. The van der Waals surface area contributed by atoms with Gasteiger partial charge in [-0.15, -0.1) is 0 Å². The minimum atomic E-state index is -0.324. The summed E-state index contributed by atoms with van der Waals surface area (Å²) >= 11 is 3.27. The summed E-state index contributed by atoms with van der Waals surface area (Å²) in [6, 6.07) is 10.8. The first-order valence-electron chi connectivity index (χ1n) is 5.77. The molecule has 0 aliphatic rings. The Morgan fingerprint density at radius 1 is 1.11 bits per heavy atom. The third kappa shape index (κ3) is 2.47. The summed E-state index contributed by atoms with van der Waals surface area (Å²) in [5.41, 5.74) is 10.3. The molecule has 1 unspecified atom stereocenters. The number of hydrogen-bond donors (Lipinski definition) is 1. The number of halogens is 2. The Morgan fingerprint density at radius 2 is 1.83 bits per heavy atom. The maximum absolute atomic E-state index is 13.5. The second-order valence-corrected chi connectivity index (χ2v) is 5.27. The zero-order chi connectivity index (χ0) is 13.3. The molecule has 0 radical (unpaired) electrons. The summed E-state index contributed by atoms with van der Waals surface area (Å²) in [5, 5.41) is 0. The molecule has 2 aromatic rings. The molecule has 0 saturated heterocycles. The Morgan fingerprint density at radius 3 is 2.56 bits per heavy atom. The van der Waals surface area contributed by atoms with Crippen LogP contribution in [0.1, 0.15) is 28.3 Å². The number of aryl methyl sites for hydroxylation is 2. The molecule has 2 aromatic carbocycles. The van der Waals surface area contributed by atoms with Gasteiger partial charge in [0.25, 0.3) is 0 Å². The summed E-state index contributed by atoms with van der Waals surface area (Å²) in [5.74, 6) is -0.284. The van der Waals surface area contributed by atoms with Crippen LogP contribution in [-0.4, -0.2) is 0 Å². The molecule has 0 bridgehead atoms. The fourth-order valence-corrected chi connectivity index (χ4v) is 2.53. The maximum Gasteiger partial charge on any atom is 0.137 e. The second-order valence-electron chi connectivity index (χ2n) is 4.48. The predicted octanol–water partition coefficient (Wildman–Crippen LogP) is 4.25. The fourth-order valence-electron chi connectivity index (χ4n) is 2.02. The lowest BCUT2D eigenvalue weighted by atomic mass is 9.94. The summed E-state index contributed by atoms with van der Waals surface area (Å²) in [7, 11) is 0. The quantitative estimate of drug-likeness (QED) is 0.881. The van der Waals surface area contributed by atoms with Crippen molar-refractivity contribution in [1.82, 2.24) is 0 Å². The van der Waals surface area contributed by atoms with Crippen molar-refractivity contribution in [2.24, 2.45) is 5.73 Å². The Kier molecular flexibility index (Phi) is 3.83. The lowest BCUT2D eigenvalue weighted by molar-refractivity contribution is 0.616. The van der Waals surface area contributed by atoms with Crippen molar-refractivity contribution in [3.8, 4) is 0 Å². The van der Waals surface area contributed by atoms with Gasteiger partial charge in [-0.05, 0) is 52.5 Å². The largest absolute Gasteiger partial charge is 0.320 e. The number of rotatable bonds is 2. The number of hydrogen-bond acceptors (Lipinski definition) is 1. The van der Waals surface area contributed by atoms with Crippen molar-refractivity contribution in [2.75, 3.05) is 0 Å². The molecule has 0 heterocycles. The molecular formula is C15H15BrFN. The lowest BCUT2D eigenvalue weighted by Gasteiger charge is -2.17. The van der Waals surface area contributed by atoms with Gasteiger partial charge in [0.2, 0.25) is 0 Å². The second kappa shape index (κ2) is 5.21. The first-order valence-corrected chi connectivity index (χ1v) is 6.56. The van der Waals surface area contributed by atoms with Crippen LogP contribution in [-0.2, 0) is 0 Å². The van der Waals surface area contributed by atoms with E-state index in [0.29, 0.717) is 4.47 Å². The predicted molar refractivity (Wildman–Crippen MR) is 76.0 cm³/mol. The molecule has 1 nitrogen and oxygen atoms in total. The van der Waals surface area contributed by atoms with Crippen molar-refractivity contribution in [1.29, 1.82) is 0 Å². The molecule has 0 aromatic heterocycles. The van der Waals surface area contributed by atoms with Gasteiger partial charge in [-0.3, -0.25) is 0 Å². The van der Waals surface area contributed by atoms with Gasteiger partial charge in [-0.25, -0.2) is 4.39 Å². The van der Waals surface area contributed by atoms with Crippen molar-refractivity contribution in [3.63, 3.8) is 0 Å². The molecule has 1 atom stereocenters. The van der Waals surface area contributed by atoms with E-state index in [9.17, 15) is 4.39 Å². The van der Waals surface area contributed by atoms with E-state index >= 15 is 0 Å². The molecule has 3 heteroatoms. The van der Waals surface area contributed by atoms with Crippen LogP contribution in [0.15, 0.2) is 40.9 Å². The van der Waals surface area contributed by atoms with Crippen LogP contribution in [0.4, 0.5) is 4.39 Å². The highest BCUT2D eigenvalue weighted by Gasteiger charge is 2.16. The van der Waals surface area contributed by atoms with Gasteiger partial charge in [-0.2, -0.15) is 0 Å². The Balaban J connectivity index is 2.51. The van der Waals surface area contributed by atoms with Crippen molar-refractivity contribution < 1.29 is 4.39 Å². The van der Waals surface area contributed by atoms with Gasteiger partial charge in [0.1, 0.15) is 5.82 Å². The van der Waals surface area contributed by atoms with Crippen LogP contribution in [0.2, 0.25) is 0 Å². The zero-order valence-electron chi connectivity index (χ0n) is 10.4. The minimum absolute atomic E-state index is 0.284. The van der Waals surface area contributed by atoms with Gasteiger partial charge < -0.3 is 5.73 Å². The molecule has 94 valence electrons. The third-order valence-electron chi connectivity index (χ3n) is 3.09. The van der Waals surface area contributed by atoms with E-state index in [2.05, 4.69) is 22.0 Å². The maximum atomic E-state index is 13.5. The van der Waals surface area contributed by atoms with Crippen molar-refractivity contribution in [3.05, 3.63) is 68.9 Å². The molecule has 2 rings (SSSR count). The van der Waals surface area contributed by atoms with Gasteiger partial charge in [0, 0.05) is 0 Å². The van der Waals surface area contributed by atoms with Gasteiger partial charge in [0.15, 0.2) is 0 Å². The first kappa shape index (κ1) is 13.2.